The van der Waals surface area contributed by atoms with E-state index in [0.717, 1.165) is 36.8 Å². The van der Waals surface area contributed by atoms with Crippen LogP contribution in [0.2, 0.25) is 0 Å². The summed E-state index contributed by atoms with van der Waals surface area (Å²) >= 11 is 0. The number of rotatable bonds is 5. The molecule has 2 rings (SSSR count). The molecule has 2 nitrogen and oxygen atoms in total. The predicted octanol–water partition coefficient (Wildman–Crippen LogP) is 4.36. The van der Waals surface area contributed by atoms with Crippen LogP contribution in [0.5, 0.6) is 0 Å². The van der Waals surface area contributed by atoms with E-state index in [1.54, 1.807) is 0 Å². The molecule has 0 aromatic heterocycles. The summed E-state index contributed by atoms with van der Waals surface area (Å²) in [4.78, 5) is 0. The average Bonchev–Trinajstić information content (AvgIpc) is 2.46. The fourth-order valence-corrected chi connectivity index (χ4v) is 2.24. The first kappa shape index (κ1) is 12.7. The molecule has 0 bridgehead atoms. The first-order valence-corrected chi connectivity index (χ1v) is 6.63. The molecule has 0 amide bonds. The molecule has 0 saturated heterocycles. The molecule has 0 unspecified atom stereocenters. The van der Waals surface area contributed by atoms with E-state index in [4.69, 9.17) is 10.8 Å². The lowest BCUT2D eigenvalue weighted by Gasteiger charge is -2.12. The van der Waals surface area contributed by atoms with Crippen LogP contribution in [0.1, 0.15) is 38.5 Å². The highest BCUT2D eigenvalue weighted by molar-refractivity contribution is 6.05. The molecule has 94 valence electrons. The summed E-state index contributed by atoms with van der Waals surface area (Å²) < 4.78 is 0. The molecule has 18 heavy (non-hydrogen) atoms. The summed E-state index contributed by atoms with van der Waals surface area (Å²) in [5.74, 6) is 0. The third kappa shape index (κ3) is 3.39. The van der Waals surface area contributed by atoms with Gasteiger partial charge < -0.3 is 10.8 Å². The van der Waals surface area contributed by atoms with Gasteiger partial charge in [0.25, 0.3) is 0 Å². The number of hydrogen-bond acceptors (Lipinski definition) is 2. The van der Waals surface area contributed by atoms with E-state index in [1.807, 2.05) is 6.08 Å². The highest BCUT2D eigenvalue weighted by Gasteiger charge is 2.09. The van der Waals surface area contributed by atoms with Crippen LogP contribution in [0.25, 0.3) is 0 Å². The summed E-state index contributed by atoms with van der Waals surface area (Å²) in [6.07, 6.45) is 18.0. The zero-order chi connectivity index (χ0) is 12.8. The Balaban J connectivity index is 1.82. The van der Waals surface area contributed by atoms with Gasteiger partial charge in [-0.05, 0) is 49.7 Å². The highest BCUT2D eigenvalue weighted by atomic mass is 14.5. The molecule has 0 atom stereocenters. The molecule has 0 heterocycles. The Morgan fingerprint density at radius 1 is 0.944 bits per heavy atom. The Hall–Kier alpha value is -1.70. The largest absolute Gasteiger partial charge is 0.305 e. The van der Waals surface area contributed by atoms with Crippen LogP contribution in [0.3, 0.4) is 0 Å². The molecule has 0 spiro atoms. The Morgan fingerprint density at radius 3 is 2.44 bits per heavy atom. The van der Waals surface area contributed by atoms with Gasteiger partial charge in [0.15, 0.2) is 0 Å². The van der Waals surface area contributed by atoms with E-state index < -0.39 is 0 Å². The summed E-state index contributed by atoms with van der Waals surface area (Å²) in [6, 6.07) is 0. The Morgan fingerprint density at radius 2 is 1.78 bits per heavy atom. The van der Waals surface area contributed by atoms with Crippen molar-refractivity contribution in [2.45, 2.75) is 38.5 Å². The maximum atomic E-state index is 8.05. The average molecular weight is 240 g/mol. The van der Waals surface area contributed by atoms with Crippen molar-refractivity contribution >= 4 is 11.4 Å². The SMILES string of the molecule is N=C(CCC(=N)C1=CCC=CC1)C1=CCCC=C1. The number of hydrogen-bond donors (Lipinski definition) is 2. The maximum Gasteiger partial charge on any atom is 0.0386 e. The van der Waals surface area contributed by atoms with Gasteiger partial charge >= 0.3 is 0 Å². The standard InChI is InChI=1S/C16H20N2/c17-15(13-7-3-1-4-8-13)11-12-16(18)14-9-5-2-6-10-14/h1,3,5,8-10,17-18H,2,4,6-7,11-12H2. The minimum absolute atomic E-state index is 0.669. The van der Waals surface area contributed by atoms with Gasteiger partial charge in [0, 0.05) is 11.4 Å². The van der Waals surface area contributed by atoms with Crippen molar-refractivity contribution < 1.29 is 0 Å². The van der Waals surface area contributed by atoms with Crippen LogP contribution in [-0.2, 0) is 0 Å². The minimum Gasteiger partial charge on any atom is -0.305 e. The molecule has 0 saturated carbocycles. The van der Waals surface area contributed by atoms with E-state index in [-0.39, 0.29) is 0 Å². The smallest absolute Gasteiger partial charge is 0.0386 e. The third-order valence-corrected chi connectivity index (χ3v) is 3.36. The van der Waals surface area contributed by atoms with Crippen LogP contribution >= 0.6 is 0 Å². The molecule has 2 aliphatic carbocycles. The first-order valence-electron chi connectivity index (χ1n) is 6.63. The van der Waals surface area contributed by atoms with E-state index in [2.05, 4.69) is 30.4 Å². The van der Waals surface area contributed by atoms with Crippen molar-refractivity contribution in [1.82, 2.24) is 0 Å². The van der Waals surface area contributed by atoms with E-state index in [1.165, 1.54) is 0 Å². The third-order valence-electron chi connectivity index (χ3n) is 3.36. The lowest BCUT2D eigenvalue weighted by atomic mass is 9.94. The first-order chi connectivity index (χ1) is 8.77. The van der Waals surface area contributed by atoms with Crippen molar-refractivity contribution in [3.8, 4) is 0 Å². The molecule has 2 N–H and O–H groups in total. The van der Waals surface area contributed by atoms with E-state index in [9.17, 15) is 0 Å². The van der Waals surface area contributed by atoms with Gasteiger partial charge in [-0.25, -0.2) is 0 Å². The normalized spacial score (nSPS) is 18.2. The fraction of sp³-hybridized carbons (Fsp3) is 0.375. The van der Waals surface area contributed by atoms with Crippen LogP contribution in [0.15, 0.2) is 47.6 Å². The lowest BCUT2D eigenvalue weighted by molar-refractivity contribution is 1.02. The van der Waals surface area contributed by atoms with E-state index in [0.29, 0.717) is 24.3 Å². The van der Waals surface area contributed by atoms with Crippen molar-refractivity contribution in [3.63, 3.8) is 0 Å². The summed E-state index contributed by atoms with van der Waals surface area (Å²) in [6.45, 7) is 0. The molecule has 2 heteroatoms. The molecule has 2 aliphatic rings. The van der Waals surface area contributed by atoms with Crippen LogP contribution in [-0.4, -0.2) is 11.4 Å². The molecule has 0 radical (unpaired) electrons. The molecule has 0 aromatic rings. The zero-order valence-corrected chi connectivity index (χ0v) is 10.7. The summed E-state index contributed by atoms with van der Waals surface area (Å²) in [5, 5.41) is 16.1. The van der Waals surface area contributed by atoms with Gasteiger partial charge in [-0.1, -0.05) is 36.5 Å². The second-order valence-electron chi connectivity index (χ2n) is 4.74. The second kappa shape index (κ2) is 6.29. The van der Waals surface area contributed by atoms with Gasteiger partial charge in [-0.2, -0.15) is 0 Å². The van der Waals surface area contributed by atoms with Gasteiger partial charge in [-0.15, -0.1) is 0 Å². The van der Waals surface area contributed by atoms with Crippen molar-refractivity contribution in [1.29, 1.82) is 10.8 Å². The number of allylic oxidation sites excluding steroid dienone is 8. The lowest BCUT2D eigenvalue weighted by Crippen LogP contribution is -2.08. The van der Waals surface area contributed by atoms with Gasteiger partial charge in [-0.3, -0.25) is 0 Å². The molecule has 0 fully saturated rings. The molecular weight excluding hydrogens is 220 g/mol. The second-order valence-corrected chi connectivity index (χ2v) is 4.74. The Bertz CT molecular complexity index is 461. The topological polar surface area (TPSA) is 47.7 Å². The van der Waals surface area contributed by atoms with Crippen LogP contribution in [0, 0.1) is 10.8 Å². The Labute approximate surface area is 109 Å². The minimum atomic E-state index is 0.669. The van der Waals surface area contributed by atoms with Crippen molar-refractivity contribution in [2.24, 2.45) is 0 Å². The van der Waals surface area contributed by atoms with E-state index >= 15 is 0 Å². The monoisotopic (exact) mass is 240 g/mol. The predicted molar refractivity (Wildman–Crippen MR) is 77.6 cm³/mol. The van der Waals surface area contributed by atoms with Crippen molar-refractivity contribution in [2.75, 3.05) is 0 Å². The quantitative estimate of drug-likeness (QED) is 0.530. The van der Waals surface area contributed by atoms with Crippen LogP contribution in [0.4, 0.5) is 0 Å². The fourth-order valence-electron chi connectivity index (χ4n) is 2.24. The van der Waals surface area contributed by atoms with Crippen molar-refractivity contribution in [3.05, 3.63) is 47.6 Å². The molecular formula is C16H20N2. The van der Waals surface area contributed by atoms with Gasteiger partial charge in [0.05, 0.1) is 0 Å². The summed E-state index contributed by atoms with van der Waals surface area (Å²) in [7, 11) is 0. The Kier molecular flexibility index (Phi) is 4.46. The number of nitrogens with one attached hydrogen (secondary N) is 2. The summed E-state index contributed by atoms with van der Waals surface area (Å²) in [5.41, 5.74) is 3.55. The molecule has 0 aliphatic heterocycles. The highest BCUT2D eigenvalue weighted by Crippen LogP contribution is 2.17. The van der Waals surface area contributed by atoms with Gasteiger partial charge in [0.2, 0.25) is 0 Å². The maximum absolute atomic E-state index is 8.05. The van der Waals surface area contributed by atoms with Gasteiger partial charge in [0.1, 0.15) is 0 Å². The van der Waals surface area contributed by atoms with Crippen LogP contribution < -0.4 is 0 Å². The molecule has 0 aromatic carbocycles. The zero-order valence-electron chi connectivity index (χ0n) is 10.7.